The number of nitrogens with one attached hydrogen (secondary N) is 4. The quantitative estimate of drug-likeness (QED) is 0.102. The molecule has 0 aromatic rings. The normalized spacial score (nSPS) is 41.8. The Balaban J connectivity index is 0.00000267. The van der Waals surface area contributed by atoms with E-state index in [2.05, 4.69) is 41.7 Å². The number of carbonyl (C=O) groups is 4. The summed E-state index contributed by atoms with van der Waals surface area (Å²) >= 11 is 0. The summed E-state index contributed by atoms with van der Waals surface area (Å²) in [5.74, 6) is -5.50. The molecule has 4 N–H and O–H groups in total. The molecule has 0 saturated carbocycles. The Bertz CT molecular complexity index is 1220. The monoisotopic (exact) mass is 694 g/mol. The van der Waals surface area contributed by atoms with E-state index in [0.717, 1.165) is 23.9 Å². The van der Waals surface area contributed by atoms with Gasteiger partial charge in [-0.15, -0.1) is 6.58 Å². The Labute approximate surface area is 351 Å². The standard InChI is InChI=1S/C34H52N4O7.3Na/c1-6-18-15(3)23-11-24-16(4)20(8-9-29(40)41)32(37-24)21(10-30(42)43)33-31(34(44)45)17(5)25(38-33)12-27-19(7-2)22(14-39)28(36-27)13-26(18)35-23;;;/h6,14-18,20-21,23-28,31-33,35-38H,1,7-13H2,2-5H3,(H,40,41)(H,42,43)(H,44,45);;;/q;3*+1/p-3. The maximum Gasteiger partial charge on any atom is 1.00 e. The molecule has 8 bridgehead atoms. The summed E-state index contributed by atoms with van der Waals surface area (Å²) in [5.41, 5.74) is 1.80. The average molecular weight is 695 g/mol. The number of hydrogen-bond acceptors (Lipinski definition) is 11. The van der Waals surface area contributed by atoms with Crippen molar-refractivity contribution in [2.45, 2.75) is 121 Å². The summed E-state index contributed by atoms with van der Waals surface area (Å²) in [5, 5.41) is 51.4. The minimum atomic E-state index is -1.28. The summed E-state index contributed by atoms with van der Waals surface area (Å²) in [6, 6.07) is -1.65. The Morgan fingerprint density at radius 3 is 1.94 bits per heavy atom. The van der Waals surface area contributed by atoms with Crippen LogP contribution in [-0.2, 0) is 19.2 Å². The second-order valence-electron chi connectivity index (χ2n) is 14.5. The van der Waals surface area contributed by atoms with Crippen molar-refractivity contribution in [3.63, 3.8) is 0 Å². The molecule has 0 aliphatic carbocycles. The van der Waals surface area contributed by atoms with Crippen molar-refractivity contribution in [1.29, 1.82) is 0 Å². The number of fused-ring (bicyclic) bond motifs is 8. The second-order valence-corrected chi connectivity index (χ2v) is 14.5. The molecule has 5 rings (SSSR count). The van der Waals surface area contributed by atoms with E-state index < -0.39 is 41.8 Å². The molecule has 250 valence electrons. The third-order valence-corrected chi connectivity index (χ3v) is 12.4. The first-order chi connectivity index (χ1) is 21.4. The van der Waals surface area contributed by atoms with Gasteiger partial charge in [0.25, 0.3) is 0 Å². The zero-order valence-corrected chi connectivity index (χ0v) is 35.8. The number of hydrogen-bond donors (Lipinski definition) is 4. The van der Waals surface area contributed by atoms with E-state index in [1.54, 1.807) is 0 Å². The van der Waals surface area contributed by atoms with Gasteiger partial charge in [0.05, 0.1) is 0 Å². The molecule has 0 radical (unpaired) electrons. The molecule has 0 spiro atoms. The average Bonchev–Trinajstić information content (AvgIpc) is 3.67. The topological polar surface area (TPSA) is 186 Å². The first kappa shape index (κ1) is 44.6. The van der Waals surface area contributed by atoms with Crippen molar-refractivity contribution in [3.05, 3.63) is 23.8 Å². The molecule has 5 aliphatic rings. The number of rotatable bonds is 9. The van der Waals surface area contributed by atoms with E-state index in [1.165, 1.54) is 0 Å². The van der Waals surface area contributed by atoms with Gasteiger partial charge < -0.3 is 51.0 Å². The molecule has 14 heteroatoms. The smallest absolute Gasteiger partial charge is 0.550 e. The van der Waals surface area contributed by atoms with E-state index in [1.807, 2.05) is 19.9 Å². The number of aliphatic carboxylic acids is 3. The van der Waals surface area contributed by atoms with Crippen molar-refractivity contribution in [1.82, 2.24) is 21.3 Å². The van der Waals surface area contributed by atoms with E-state index in [0.29, 0.717) is 25.7 Å². The van der Waals surface area contributed by atoms with E-state index >= 15 is 0 Å². The number of carbonyl (C=O) groups excluding carboxylic acids is 4. The van der Waals surface area contributed by atoms with Crippen molar-refractivity contribution in [2.75, 3.05) is 0 Å². The van der Waals surface area contributed by atoms with Crippen LogP contribution in [0.2, 0.25) is 0 Å². The van der Waals surface area contributed by atoms with Gasteiger partial charge in [0, 0.05) is 77.7 Å². The third-order valence-electron chi connectivity index (χ3n) is 12.4. The first-order valence-electron chi connectivity index (χ1n) is 16.8. The van der Waals surface area contributed by atoms with Crippen LogP contribution in [-0.4, -0.2) is 72.5 Å². The summed E-state index contributed by atoms with van der Waals surface area (Å²) in [6.45, 7) is 12.3. The summed E-state index contributed by atoms with van der Waals surface area (Å²) < 4.78 is 0. The minimum Gasteiger partial charge on any atom is -0.550 e. The van der Waals surface area contributed by atoms with Crippen molar-refractivity contribution < 1.29 is 123 Å². The van der Waals surface area contributed by atoms with E-state index in [4.69, 9.17) is 0 Å². The van der Waals surface area contributed by atoms with E-state index in [9.17, 15) is 34.5 Å². The molecule has 5 aliphatic heterocycles. The Morgan fingerprint density at radius 1 is 0.771 bits per heavy atom. The maximum absolute atomic E-state index is 12.7. The molecule has 5 heterocycles. The Hall–Kier alpha value is 0.400. The molecular formula is C34H49N4Na3O7. The summed E-state index contributed by atoms with van der Waals surface area (Å²) in [4.78, 5) is 49.1. The van der Waals surface area contributed by atoms with Gasteiger partial charge in [0.1, 0.15) is 6.29 Å². The number of aldehydes is 1. The molecule has 11 nitrogen and oxygen atoms in total. The molecule has 0 amide bonds. The largest absolute Gasteiger partial charge is 1.00 e. The van der Waals surface area contributed by atoms with Gasteiger partial charge in [-0.25, -0.2) is 0 Å². The molecule has 48 heavy (non-hydrogen) atoms. The minimum absolute atomic E-state index is 0. The molecule has 0 aromatic carbocycles. The molecule has 4 fully saturated rings. The van der Waals surface area contributed by atoms with Crippen LogP contribution >= 0.6 is 0 Å². The first-order valence-corrected chi connectivity index (χ1v) is 16.8. The van der Waals surface area contributed by atoms with Crippen molar-refractivity contribution >= 4 is 24.2 Å². The van der Waals surface area contributed by atoms with Crippen LogP contribution < -0.4 is 125 Å². The van der Waals surface area contributed by atoms with Gasteiger partial charge in [-0.2, -0.15) is 0 Å². The fraction of sp³-hybridized carbons (Fsp3) is 0.765. The van der Waals surface area contributed by atoms with Gasteiger partial charge in [-0.1, -0.05) is 33.8 Å². The van der Waals surface area contributed by atoms with Crippen LogP contribution in [0.15, 0.2) is 23.8 Å². The van der Waals surface area contributed by atoms with Gasteiger partial charge in [0.15, 0.2) is 0 Å². The molecule has 15 unspecified atom stereocenters. The van der Waals surface area contributed by atoms with Crippen LogP contribution in [0.5, 0.6) is 0 Å². The fourth-order valence-electron chi connectivity index (χ4n) is 10.1. The van der Waals surface area contributed by atoms with Gasteiger partial charge >= 0.3 is 88.7 Å². The van der Waals surface area contributed by atoms with Crippen LogP contribution in [0.3, 0.4) is 0 Å². The summed E-state index contributed by atoms with van der Waals surface area (Å²) in [6.07, 6.45) is 5.36. The zero-order chi connectivity index (χ0) is 32.7. The van der Waals surface area contributed by atoms with E-state index in [-0.39, 0.29) is 167 Å². The Kier molecular flexibility index (Phi) is 17.6. The van der Waals surface area contributed by atoms with Crippen LogP contribution in [0, 0.1) is 41.4 Å². The molecular weight excluding hydrogens is 645 g/mol. The third kappa shape index (κ3) is 8.95. The van der Waals surface area contributed by atoms with Gasteiger partial charge in [-0.3, -0.25) is 4.79 Å². The predicted octanol–water partition coefficient (Wildman–Crippen LogP) is -10.6. The van der Waals surface area contributed by atoms with Crippen LogP contribution in [0.4, 0.5) is 0 Å². The zero-order valence-electron chi connectivity index (χ0n) is 29.8. The van der Waals surface area contributed by atoms with Crippen LogP contribution in [0.1, 0.15) is 72.6 Å². The van der Waals surface area contributed by atoms with Gasteiger partial charge in [-0.05, 0) is 86.0 Å². The molecule has 4 saturated heterocycles. The van der Waals surface area contributed by atoms with Crippen LogP contribution in [0.25, 0.3) is 0 Å². The Morgan fingerprint density at radius 2 is 1.38 bits per heavy atom. The van der Waals surface area contributed by atoms with Crippen molar-refractivity contribution in [2.24, 2.45) is 41.4 Å². The SMILES string of the molecule is C=CC1C2CC3NC(CC4NC(C(CC(=O)[O-])C5NC(CC(N2)C1C)C(C)C5CCC(=O)[O-])C(C(=O)[O-])C4C)C(CC)=C3C=O.[Na+].[Na+].[Na+]. The molecule has 0 aromatic heterocycles. The molecule has 15 atom stereocenters. The van der Waals surface area contributed by atoms with Crippen molar-refractivity contribution in [3.8, 4) is 0 Å². The number of carboxylic acids is 3. The maximum atomic E-state index is 12.7. The second kappa shape index (κ2) is 18.9. The summed E-state index contributed by atoms with van der Waals surface area (Å²) in [7, 11) is 0. The number of carboxylic acid groups (broad SMARTS) is 3. The van der Waals surface area contributed by atoms with Gasteiger partial charge in [0.2, 0.25) is 0 Å². The fourth-order valence-corrected chi connectivity index (χ4v) is 10.1. The predicted molar refractivity (Wildman–Crippen MR) is 161 cm³/mol.